The standard InChI is InChI=1S/C28H38N2O2/c1-21-8-6-12-28(2)19-26-23(18-25(21)28)24(27(31)32-26)20-30-16-14-29(15-17-30)13-7-11-22-9-4-3-5-10-22/h3-5,7,9-11,23-26H,1,6,8,12-20H2,2H3. The van der Waals surface area contributed by atoms with E-state index in [0.29, 0.717) is 11.8 Å². The van der Waals surface area contributed by atoms with Crippen molar-refractivity contribution in [2.45, 2.75) is 45.1 Å². The third kappa shape index (κ3) is 4.45. The molecule has 1 aromatic rings. The number of benzene rings is 1. The van der Waals surface area contributed by atoms with E-state index in [1.807, 2.05) is 0 Å². The summed E-state index contributed by atoms with van der Waals surface area (Å²) >= 11 is 0. The van der Waals surface area contributed by atoms with Gasteiger partial charge in [-0.05, 0) is 49.0 Å². The van der Waals surface area contributed by atoms with Crippen molar-refractivity contribution in [2.75, 3.05) is 39.3 Å². The van der Waals surface area contributed by atoms with Crippen LogP contribution in [0.3, 0.4) is 0 Å². The van der Waals surface area contributed by atoms with E-state index >= 15 is 0 Å². The molecular formula is C28H38N2O2. The number of esters is 1. The van der Waals surface area contributed by atoms with E-state index in [0.717, 1.165) is 58.5 Å². The Labute approximate surface area is 193 Å². The Kier molecular flexibility index (Phi) is 6.26. The van der Waals surface area contributed by atoms with Gasteiger partial charge in [0.2, 0.25) is 0 Å². The predicted molar refractivity (Wildman–Crippen MR) is 129 cm³/mol. The van der Waals surface area contributed by atoms with Gasteiger partial charge in [0.15, 0.2) is 0 Å². The summed E-state index contributed by atoms with van der Waals surface area (Å²) in [6.07, 6.45) is 10.4. The molecule has 4 fully saturated rings. The van der Waals surface area contributed by atoms with Gasteiger partial charge in [-0.15, -0.1) is 0 Å². The van der Waals surface area contributed by atoms with Crippen LogP contribution < -0.4 is 0 Å². The second-order valence-corrected chi connectivity index (χ2v) is 10.8. The average molecular weight is 435 g/mol. The Balaban J connectivity index is 1.14. The summed E-state index contributed by atoms with van der Waals surface area (Å²) in [7, 11) is 0. The SMILES string of the molecule is C=C1CCCC2(C)CC3OC(=O)C(CN4CCN(CC=Cc5ccccc5)CC4)C3CC12. The van der Waals surface area contributed by atoms with Crippen LogP contribution in [0.25, 0.3) is 6.08 Å². The first kappa shape index (κ1) is 21.9. The summed E-state index contributed by atoms with van der Waals surface area (Å²) in [6, 6.07) is 10.5. The van der Waals surface area contributed by atoms with E-state index in [-0.39, 0.29) is 23.4 Å². The zero-order valence-electron chi connectivity index (χ0n) is 19.5. The van der Waals surface area contributed by atoms with Crippen molar-refractivity contribution in [1.82, 2.24) is 9.80 Å². The van der Waals surface area contributed by atoms with Gasteiger partial charge in [0.05, 0.1) is 5.92 Å². The molecule has 0 bridgehead atoms. The van der Waals surface area contributed by atoms with Crippen LogP contribution in [-0.2, 0) is 9.53 Å². The molecule has 0 spiro atoms. The molecule has 0 amide bonds. The first-order chi connectivity index (χ1) is 15.5. The third-order valence-corrected chi connectivity index (χ3v) is 8.71. The first-order valence-electron chi connectivity index (χ1n) is 12.6. The Bertz CT molecular complexity index is 857. The summed E-state index contributed by atoms with van der Waals surface area (Å²) in [5.41, 5.74) is 2.96. The zero-order valence-corrected chi connectivity index (χ0v) is 19.5. The lowest BCUT2D eigenvalue weighted by Crippen LogP contribution is -2.50. The van der Waals surface area contributed by atoms with Crippen molar-refractivity contribution >= 4 is 12.0 Å². The molecule has 5 rings (SSSR count). The third-order valence-electron chi connectivity index (χ3n) is 8.71. The molecule has 0 aromatic heterocycles. The summed E-state index contributed by atoms with van der Waals surface area (Å²) < 4.78 is 5.97. The maximum absolute atomic E-state index is 12.9. The number of piperazine rings is 1. The number of fused-ring (bicyclic) bond motifs is 2. The molecule has 4 heteroatoms. The van der Waals surface area contributed by atoms with E-state index in [1.165, 1.54) is 24.0 Å². The van der Waals surface area contributed by atoms with Gasteiger partial charge in [-0.1, -0.05) is 61.6 Å². The zero-order chi connectivity index (χ0) is 22.1. The van der Waals surface area contributed by atoms with Gasteiger partial charge >= 0.3 is 5.97 Å². The Morgan fingerprint density at radius 2 is 1.91 bits per heavy atom. The molecule has 4 nitrogen and oxygen atoms in total. The topological polar surface area (TPSA) is 32.8 Å². The van der Waals surface area contributed by atoms with Crippen molar-refractivity contribution in [3.05, 3.63) is 54.1 Å². The summed E-state index contributed by atoms with van der Waals surface area (Å²) in [4.78, 5) is 17.9. The number of hydrogen-bond acceptors (Lipinski definition) is 4. The normalized spacial score (nSPS) is 36.2. The van der Waals surface area contributed by atoms with Gasteiger partial charge < -0.3 is 4.74 Å². The van der Waals surface area contributed by atoms with Crippen LogP contribution in [0.4, 0.5) is 0 Å². The van der Waals surface area contributed by atoms with Crippen LogP contribution >= 0.6 is 0 Å². The van der Waals surface area contributed by atoms with Crippen LogP contribution in [0, 0.1) is 23.2 Å². The Hall–Kier alpha value is -1.91. The van der Waals surface area contributed by atoms with Crippen LogP contribution in [0.15, 0.2) is 48.6 Å². The average Bonchev–Trinajstić information content (AvgIpc) is 3.08. The van der Waals surface area contributed by atoms with Crippen LogP contribution in [-0.4, -0.2) is 61.1 Å². The van der Waals surface area contributed by atoms with E-state index in [1.54, 1.807) is 0 Å². The predicted octanol–water partition coefficient (Wildman–Crippen LogP) is 4.63. The van der Waals surface area contributed by atoms with Gasteiger partial charge in [-0.25, -0.2) is 0 Å². The fourth-order valence-electron chi connectivity index (χ4n) is 6.80. The summed E-state index contributed by atoms with van der Waals surface area (Å²) in [5.74, 6) is 1.05. The number of allylic oxidation sites excluding steroid dienone is 1. The number of rotatable bonds is 5. The highest BCUT2D eigenvalue weighted by Gasteiger charge is 2.55. The van der Waals surface area contributed by atoms with Crippen molar-refractivity contribution in [3.63, 3.8) is 0 Å². The van der Waals surface area contributed by atoms with Crippen molar-refractivity contribution < 1.29 is 9.53 Å². The highest BCUT2D eigenvalue weighted by Crippen LogP contribution is 2.56. The molecule has 32 heavy (non-hydrogen) atoms. The molecule has 4 aliphatic rings. The molecular weight excluding hydrogens is 396 g/mol. The van der Waals surface area contributed by atoms with Crippen molar-refractivity contribution in [1.29, 1.82) is 0 Å². The maximum Gasteiger partial charge on any atom is 0.310 e. The molecule has 0 N–H and O–H groups in total. The minimum Gasteiger partial charge on any atom is -0.462 e. The first-order valence-corrected chi connectivity index (χ1v) is 12.6. The quantitative estimate of drug-likeness (QED) is 0.500. The fraction of sp³-hybridized carbons (Fsp3) is 0.607. The highest BCUT2D eigenvalue weighted by atomic mass is 16.6. The molecule has 5 unspecified atom stereocenters. The Morgan fingerprint density at radius 3 is 2.69 bits per heavy atom. The second kappa shape index (κ2) is 9.15. The number of carbonyl (C=O) groups is 1. The number of nitrogens with zero attached hydrogens (tertiary/aromatic N) is 2. The van der Waals surface area contributed by atoms with E-state index in [2.05, 4.69) is 65.8 Å². The van der Waals surface area contributed by atoms with Crippen molar-refractivity contribution in [2.24, 2.45) is 23.2 Å². The molecule has 2 saturated heterocycles. The van der Waals surface area contributed by atoms with Crippen LogP contribution in [0.2, 0.25) is 0 Å². The van der Waals surface area contributed by atoms with Gasteiger partial charge in [0.1, 0.15) is 6.10 Å². The lowest BCUT2D eigenvalue weighted by atomic mass is 9.55. The molecule has 5 atom stereocenters. The highest BCUT2D eigenvalue weighted by molar-refractivity contribution is 5.75. The van der Waals surface area contributed by atoms with E-state index in [4.69, 9.17) is 4.74 Å². The maximum atomic E-state index is 12.9. The Morgan fingerprint density at radius 1 is 1.16 bits per heavy atom. The van der Waals surface area contributed by atoms with E-state index < -0.39 is 0 Å². The molecule has 1 aromatic carbocycles. The smallest absolute Gasteiger partial charge is 0.310 e. The van der Waals surface area contributed by atoms with Crippen LogP contribution in [0.1, 0.15) is 44.6 Å². The van der Waals surface area contributed by atoms with Gasteiger partial charge in [0.25, 0.3) is 0 Å². The van der Waals surface area contributed by atoms with Gasteiger partial charge in [-0.2, -0.15) is 0 Å². The summed E-state index contributed by atoms with van der Waals surface area (Å²) in [6.45, 7) is 12.9. The second-order valence-electron chi connectivity index (χ2n) is 10.8. The molecule has 2 aliphatic heterocycles. The number of hydrogen-bond donors (Lipinski definition) is 0. The fourth-order valence-corrected chi connectivity index (χ4v) is 6.80. The molecule has 0 radical (unpaired) electrons. The van der Waals surface area contributed by atoms with Crippen molar-refractivity contribution in [3.8, 4) is 0 Å². The molecule has 2 aliphatic carbocycles. The van der Waals surface area contributed by atoms with E-state index in [9.17, 15) is 4.79 Å². The number of carbonyl (C=O) groups excluding carboxylic acids is 1. The van der Waals surface area contributed by atoms with Gasteiger partial charge in [-0.3, -0.25) is 14.6 Å². The van der Waals surface area contributed by atoms with Crippen LogP contribution in [0.5, 0.6) is 0 Å². The monoisotopic (exact) mass is 434 g/mol. The lowest BCUT2D eigenvalue weighted by Gasteiger charge is -2.50. The molecule has 2 saturated carbocycles. The van der Waals surface area contributed by atoms with Gasteiger partial charge in [0, 0.05) is 45.2 Å². The summed E-state index contributed by atoms with van der Waals surface area (Å²) in [5, 5.41) is 0. The molecule has 172 valence electrons. The lowest BCUT2D eigenvalue weighted by molar-refractivity contribution is -0.146. The largest absolute Gasteiger partial charge is 0.462 e. The molecule has 2 heterocycles. The minimum absolute atomic E-state index is 0.0452. The minimum atomic E-state index is 0.0452. The number of ether oxygens (including phenoxy) is 1.